The molecule has 0 aromatic carbocycles. The zero-order valence-corrected chi connectivity index (χ0v) is 15.2. The molecule has 3 rings (SSSR count). The number of amides is 1. The third-order valence-electron chi connectivity index (χ3n) is 4.39. The van der Waals surface area contributed by atoms with Crippen LogP contribution in [-0.2, 0) is 17.9 Å². The predicted octanol–water partition coefficient (Wildman–Crippen LogP) is 2.02. The summed E-state index contributed by atoms with van der Waals surface area (Å²) in [5.74, 6) is 0.189. The topological polar surface area (TPSA) is 54.3 Å². The largest absolute Gasteiger partial charge is 0.341 e. The van der Waals surface area contributed by atoms with Gasteiger partial charge >= 0.3 is 0 Å². The van der Waals surface area contributed by atoms with Crippen LogP contribution in [0.15, 0.2) is 23.8 Å². The quantitative estimate of drug-likeness (QED) is 0.830. The molecule has 130 valence electrons. The predicted molar refractivity (Wildman–Crippen MR) is 94.7 cm³/mol. The molecule has 0 N–H and O–H groups in total. The van der Waals surface area contributed by atoms with Gasteiger partial charge in [-0.15, -0.1) is 11.3 Å². The Kier molecular flexibility index (Phi) is 5.63. The second-order valence-corrected chi connectivity index (χ2v) is 7.50. The standard InChI is InChI=1S/C17H25N5OS/c1-14(11-22-8-3-5-18-22)17(23)21-7-4-6-20(9-10-21)12-16-13-24-15(2)19-16/h3,5,8,13-14H,4,6-7,9-12H2,1-2H3. The highest BCUT2D eigenvalue weighted by atomic mass is 32.1. The van der Waals surface area contributed by atoms with Crippen LogP contribution in [0.4, 0.5) is 0 Å². The van der Waals surface area contributed by atoms with Crippen LogP contribution >= 0.6 is 11.3 Å². The maximum Gasteiger partial charge on any atom is 0.227 e. The third-order valence-corrected chi connectivity index (χ3v) is 5.22. The summed E-state index contributed by atoms with van der Waals surface area (Å²) in [7, 11) is 0. The molecule has 0 spiro atoms. The fraction of sp³-hybridized carbons (Fsp3) is 0.588. The van der Waals surface area contributed by atoms with Gasteiger partial charge in [0.25, 0.3) is 0 Å². The van der Waals surface area contributed by atoms with Crippen LogP contribution in [0.25, 0.3) is 0 Å². The highest BCUT2D eigenvalue weighted by Gasteiger charge is 2.24. The molecule has 1 aliphatic heterocycles. The molecule has 1 amide bonds. The number of hydrogen-bond donors (Lipinski definition) is 0. The number of carbonyl (C=O) groups is 1. The molecule has 1 unspecified atom stereocenters. The summed E-state index contributed by atoms with van der Waals surface area (Å²) in [5.41, 5.74) is 1.14. The van der Waals surface area contributed by atoms with E-state index >= 15 is 0 Å². The minimum absolute atomic E-state index is 0.0439. The Morgan fingerprint density at radius 1 is 1.33 bits per heavy atom. The molecule has 0 saturated carbocycles. The van der Waals surface area contributed by atoms with Crippen molar-refractivity contribution in [2.75, 3.05) is 26.2 Å². The molecule has 0 bridgehead atoms. The van der Waals surface area contributed by atoms with E-state index in [0.717, 1.165) is 49.8 Å². The Balaban J connectivity index is 1.51. The first kappa shape index (κ1) is 17.1. The van der Waals surface area contributed by atoms with Gasteiger partial charge in [0, 0.05) is 50.5 Å². The molecule has 1 fully saturated rings. The smallest absolute Gasteiger partial charge is 0.227 e. The second kappa shape index (κ2) is 7.90. The van der Waals surface area contributed by atoms with E-state index in [4.69, 9.17) is 0 Å². The molecule has 1 aliphatic rings. The first-order valence-electron chi connectivity index (χ1n) is 8.51. The monoisotopic (exact) mass is 347 g/mol. The number of carbonyl (C=O) groups excluding carboxylic acids is 1. The van der Waals surface area contributed by atoms with E-state index in [2.05, 4.69) is 20.4 Å². The van der Waals surface area contributed by atoms with Gasteiger partial charge in [-0.1, -0.05) is 6.92 Å². The van der Waals surface area contributed by atoms with Gasteiger partial charge in [0.1, 0.15) is 0 Å². The van der Waals surface area contributed by atoms with Crippen LogP contribution in [-0.4, -0.2) is 56.7 Å². The van der Waals surface area contributed by atoms with Gasteiger partial charge in [0.05, 0.1) is 23.2 Å². The van der Waals surface area contributed by atoms with E-state index in [0.29, 0.717) is 6.54 Å². The summed E-state index contributed by atoms with van der Waals surface area (Å²) in [4.78, 5) is 21.7. The van der Waals surface area contributed by atoms with Crippen molar-refractivity contribution < 1.29 is 4.79 Å². The van der Waals surface area contributed by atoms with Crippen LogP contribution in [0.5, 0.6) is 0 Å². The normalized spacial score (nSPS) is 17.7. The Labute approximate surface area is 147 Å². The lowest BCUT2D eigenvalue weighted by Crippen LogP contribution is -2.39. The Morgan fingerprint density at radius 2 is 2.21 bits per heavy atom. The SMILES string of the molecule is Cc1nc(CN2CCCN(C(=O)C(C)Cn3cccn3)CC2)cs1. The van der Waals surface area contributed by atoms with E-state index < -0.39 is 0 Å². The summed E-state index contributed by atoms with van der Waals surface area (Å²) in [6.07, 6.45) is 4.67. The number of nitrogens with zero attached hydrogens (tertiary/aromatic N) is 5. The third kappa shape index (κ3) is 4.42. The highest BCUT2D eigenvalue weighted by molar-refractivity contribution is 7.09. The number of rotatable bonds is 5. The van der Waals surface area contributed by atoms with Gasteiger partial charge < -0.3 is 4.90 Å². The van der Waals surface area contributed by atoms with E-state index in [1.807, 2.05) is 35.7 Å². The average molecular weight is 347 g/mol. The lowest BCUT2D eigenvalue weighted by molar-refractivity contribution is -0.135. The van der Waals surface area contributed by atoms with Crippen molar-refractivity contribution in [3.05, 3.63) is 34.5 Å². The lowest BCUT2D eigenvalue weighted by Gasteiger charge is -2.24. The van der Waals surface area contributed by atoms with Crippen molar-refractivity contribution in [1.29, 1.82) is 0 Å². The van der Waals surface area contributed by atoms with Gasteiger partial charge in [-0.2, -0.15) is 5.10 Å². The fourth-order valence-corrected chi connectivity index (χ4v) is 3.74. The van der Waals surface area contributed by atoms with Crippen molar-refractivity contribution >= 4 is 17.2 Å². The molecule has 2 aromatic heterocycles. The number of hydrogen-bond acceptors (Lipinski definition) is 5. The van der Waals surface area contributed by atoms with Gasteiger partial charge in [-0.25, -0.2) is 4.98 Å². The summed E-state index contributed by atoms with van der Waals surface area (Å²) in [5, 5.41) is 7.44. The molecule has 0 aliphatic carbocycles. The van der Waals surface area contributed by atoms with Gasteiger partial charge in [0.2, 0.25) is 5.91 Å². The van der Waals surface area contributed by atoms with Crippen molar-refractivity contribution in [2.45, 2.75) is 33.4 Å². The number of thiazole rings is 1. The number of aromatic nitrogens is 3. The molecule has 1 atom stereocenters. The summed E-state index contributed by atoms with van der Waals surface area (Å²) in [6.45, 7) is 9.13. The van der Waals surface area contributed by atoms with Crippen molar-refractivity contribution in [1.82, 2.24) is 24.6 Å². The lowest BCUT2D eigenvalue weighted by atomic mass is 10.1. The second-order valence-electron chi connectivity index (χ2n) is 6.44. The minimum Gasteiger partial charge on any atom is -0.341 e. The zero-order chi connectivity index (χ0) is 16.9. The van der Waals surface area contributed by atoms with Crippen LogP contribution in [0.3, 0.4) is 0 Å². The molecule has 24 heavy (non-hydrogen) atoms. The molecule has 0 radical (unpaired) electrons. The van der Waals surface area contributed by atoms with Crippen molar-refractivity contribution in [3.63, 3.8) is 0 Å². The molecule has 3 heterocycles. The summed E-state index contributed by atoms with van der Waals surface area (Å²) >= 11 is 1.70. The molecule has 7 heteroatoms. The van der Waals surface area contributed by atoms with Gasteiger partial charge in [0.15, 0.2) is 0 Å². The van der Waals surface area contributed by atoms with Gasteiger partial charge in [-0.3, -0.25) is 14.4 Å². The van der Waals surface area contributed by atoms with Crippen LogP contribution in [0.1, 0.15) is 24.0 Å². The highest BCUT2D eigenvalue weighted by Crippen LogP contribution is 2.14. The fourth-order valence-electron chi connectivity index (χ4n) is 3.14. The molecule has 2 aromatic rings. The van der Waals surface area contributed by atoms with E-state index in [1.54, 1.807) is 17.5 Å². The van der Waals surface area contributed by atoms with E-state index in [9.17, 15) is 4.79 Å². The first-order chi connectivity index (χ1) is 11.6. The molecule has 6 nitrogen and oxygen atoms in total. The number of aryl methyl sites for hydroxylation is 1. The van der Waals surface area contributed by atoms with Crippen LogP contribution in [0, 0.1) is 12.8 Å². The first-order valence-corrected chi connectivity index (χ1v) is 9.39. The van der Waals surface area contributed by atoms with Crippen molar-refractivity contribution in [3.8, 4) is 0 Å². The Hall–Kier alpha value is -1.73. The minimum atomic E-state index is -0.0439. The average Bonchev–Trinajstić information content (AvgIpc) is 3.15. The zero-order valence-electron chi connectivity index (χ0n) is 14.4. The maximum atomic E-state index is 12.7. The van der Waals surface area contributed by atoms with E-state index in [1.165, 1.54) is 0 Å². The van der Waals surface area contributed by atoms with Crippen LogP contribution in [0.2, 0.25) is 0 Å². The van der Waals surface area contributed by atoms with E-state index in [-0.39, 0.29) is 11.8 Å². The maximum absolute atomic E-state index is 12.7. The summed E-state index contributed by atoms with van der Waals surface area (Å²) in [6, 6.07) is 1.89. The Bertz CT molecular complexity index is 654. The Morgan fingerprint density at radius 3 is 2.92 bits per heavy atom. The van der Waals surface area contributed by atoms with Crippen molar-refractivity contribution in [2.24, 2.45) is 5.92 Å². The van der Waals surface area contributed by atoms with Gasteiger partial charge in [-0.05, 0) is 19.4 Å². The molecular formula is C17H25N5OS. The molecule has 1 saturated heterocycles. The summed E-state index contributed by atoms with van der Waals surface area (Å²) < 4.78 is 1.83. The van der Waals surface area contributed by atoms with Crippen LogP contribution < -0.4 is 0 Å². The molecular weight excluding hydrogens is 322 g/mol.